The van der Waals surface area contributed by atoms with Gasteiger partial charge in [-0.25, -0.2) is 4.39 Å². The van der Waals surface area contributed by atoms with Crippen molar-refractivity contribution in [2.45, 2.75) is 6.42 Å². The SMILES string of the molecule is COCCCNC(=O)c1ccc(Nc2ccc(-c3ccc(F)cc3)nn2)cc1. The van der Waals surface area contributed by atoms with Crippen molar-refractivity contribution >= 4 is 17.4 Å². The van der Waals surface area contributed by atoms with E-state index in [1.165, 1.54) is 12.1 Å². The summed E-state index contributed by atoms with van der Waals surface area (Å²) in [6.07, 6.45) is 0.772. The maximum absolute atomic E-state index is 13.0. The molecule has 1 amide bonds. The third-order valence-corrected chi connectivity index (χ3v) is 4.03. The average molecular weight is 380 g/mol. The molecule has 1 aromatic heterocycles. The molecule has 0 spiro atoms. The van der Waals surface area contributed by atoms with Crippen LogP contribution in [0, 0.1) is 5.82 Å². The smallest absolute Gasteiger partial charge is 0.251 e. The number of rotatable bonds is 8. The van der Waals surface area contributed by atoms with Gasteiger partial charge in [0, 0.05) is 37.1 Å². The monoisotopic (exact) mass is 380 g/mol. The molecule has 0 aliphatic carbocycles. The second-order valence-corrected chi connectivity index (χ2v) is 6.12. The number of carbonyl (C=O) groups excluding carboxylic acids is 1. The van der Waals surface area contributed by atoms with Gasteiger partial charge in [0.15, 0.2) is 5.82 Å². The molecule has 3 aromatic rings. The maximum atomic E-state index is 13.0. The summed E-state index contributed by atoms with van der Waals surface area (Å²) in [4.78, 5) is 12.1. The Labute approximate surface area is 162 Å². The minimum absolute atomic E-state index is 0.119. The fraction of sp³-hybridized carbons (Fsp3) is 0.190. The highest BCUT2D eigenvalue weighted by molar-refractivity contribution is 5.94. The van der Waals surface area contributed by atoms with Crippen molar-refractivity contribution in [3.05, 3.63) is 72.0 Å². The molecule has 0 radical (unpaired) electrons. The lowest BCUT2D eigenvalue weighted by Crippen LogP contribution is -2.25. The first-order valence-electron chi connectivity index (χ1n) is 8.89. The molecule has 0 bridgehead atoms. The predicted molar refractivity (Wildman–Crippen MR) is 106 cm³/mol. The van der Waals surface area contributed by atoms with Crippen LogP contribution in [-0.4, -0.2) is 36.4 Å². The molecule has 0 fully saturated rings. The first kappa shape index (κ1) is 19.4. The van der Waals surface area contributed by atoms with Gasteiger partial charge >= 0.3 is 0 Å². The van der Waals surface area contributed by atoms with E-state index in [-0.39, 0.29) is 11.7 Å². The van der Waals surface area contributed by atoms with Gasteiger partial charge in [-0.05, 0) is 67.1 Å². The van der Waals surface area contributed by atoms with Gasteiger partial charge in [0.05, 0.1) is 5.69 Å². The molecule has 0 atom stereocenters. The number of aromatic nitrogens is 2. The van der Waals surface area contributed by atoms with E-state index in [9.17, 15) is 9.18 Å². The lowest BCUT2D eigenvalue weighted by atomic mass is 10.1. The Morgan fingerprint density at radius 1 is 1.00 bits per heavy atom. The Hall–Kier alpha value is -3.32. The molecular formula is C21H21FN4O2. The largest absolute Gasteiger partial charge is 0.385 e. The Morgan fingerprint density at radius 2 is 1.75 bits per heavy atom. The van der Waals surface area contributed by atoms with Crippen LogP contribution < -0.4 is 10.6 Å². The molecule has 0 aliphatic heterocycles. The number of anilines is 2. The van der Waals surface area contributed by atoms with Crippen LogP contribution >= 0.6 is 0 Å². The summed E-state index contributed by atoms with van der Waals surface area (Å²) in [6, 6.07) is 16.8. The summed E-state index contributed by atoms with van der Waals surface area (Å²) in [6.45, 7) is 1.19. The second-order valence-electron chi connectivity index (χ2n) is 6.12. The molecule has 2 aromatic carbocycles. The summed E-state index contributed by atoms with van der Waals surface area (Å²) in [5.74, 6) is 0.163. The zero-order valence-electron chi connectivity index (χ0n) is 15.5. The van der Waals surface area contributed by atoms with Crippen LogP contribution in [0.5, 0.6) is 0 Å². The van der Waals surface area contributed by atoms with Gasteiger partial charge in [-0.2, -0.15) is 0 Å². The lowest BCUT2D eigenvalue weighted by Gasteiger charge is -2.08. The van der Waals surface area contributed by atoms with E-state index in [0.29, 0.717) is 30.2 Å². The highest BCUT2D eigenvalue weighted by atomic mass is 19.1. The van der Waals surface area contributed by atoms with Gasteiger partial charge < -0.3 is 15.4 Å². The quantitative estimate of drug-likeness (QED) is 0.582. The van der Waals surface area contributed by atoms with E-state index >= 15 is 0 Å². The topological polar surface area (TPSA) is 76.1 Å². The van der Waals surface area contributed by atoms with E-state index in [0.717, 1.165) is 17.7 Å². The fourth-order valence-electron chi connectivity index (χ4n) is 2.55. The molecular weight excluding hydrogens is 359 g/mol. The number of benzene rings is 2. The van der Waals surface area contributed by atoms with Gasteiger partial charge in [-0.1, -0.05) is 0 Å². The molecule has 1 heterocycles. The number of nitrogens with zero attached hydrogens (tertiary/aromatic N) is 2. The molecule has 0 aliphatic rings. The van der Waals surface area contributed by atoms with Crippen LogP contribution in [0.1, 0.15) is 16.8 Å². The summed E-state index contributed by atoms with van der Waals surface area (Å²) in [5, 5.41) is 14.3. The summed E-state index contributed by atoms with van der Waals surface area (Å²) in [7, 11) is 1.63. The van der Waals surface area contributed by atoms with Crippen molar-refractivity contribution < 1.29 is 13.9 Å². The van der Waals surface area contributed by atoms with Gasteiger partial charge in [0.25, 0.3) is 5.91 Å². The van der Waals surface area contributed by atoms with Crippen molar-refractivity contribution in [1.82, 2.24) is 15.5 Å². The fourth-order valence-corrected chi connectivity index (χ4v) is 2.55. The molecule has 7 heteroatoms. The third-order valence-electron chi connectivity index (χ3n) is 4.03. The Balaban J connectivity index is 1.58. The number of carbonyl (C=O) groups is 1. The van der Waals surface area contributed by atoms with Crippen molar-refractivity contribution in [2.24, 2.45) is 0 Å². The van der Waals surface area contributed by atoms with Crippen molar-refractivity contribution in [3.63, 3.8) is 0 Å². The van der Waals surface area contributed by atoms with Crippen LogP contribution in [0.2, 0.25) is 0 Å². The highest BCUT2D eigenvalue weighted by Crippen LogP contribution is 2.19. The van der Waals surface area contributed by atoms with Gasteiger partial charge in [0.1, 0.15) is 5.82 Å². The molecule has 0 unspecified atom stereocenters. The van der Waals surface area contributed by atoms with E-state index in [1.807, 2.05) is 6.07 Å². The maximum Gasteiger partial charge on any atom is 0.251 e. The van der Waals surface area contributed by atoms with Gasteiger partial charge in [-0.15, -0.1) is 10.2 Å². The number of methoxy groups -OCH3 is 1. The first-order chi connectivity index (χ1) is 13.7. The Bertz CT molecular complexity index is 897. The second kappa shape index (κ2) is 9.57. The number of hydrogen-bond donors (Lipinski definition) is 2. The third kappa shape index (κ3) is 5.34. The minimum atomic E-state index is -0.290. The van der Waals surface area contributed by atoms with Gasteiger partial charge in [-0.3, -0.25) is 4.79 Å². The first-order valence-corrected chi connectivity index (χ1v) is 8.89. The van der Waals surface area contributed by atoms with E-state index < -0.39 is 0 Å². The predicted octanol–water partition coefficient (Wildman–Crippen LogP) is 3.79. The van der Waals surface area contributed by atoms with Crippen LogP contribution in [0.4, 0.5) is 15.9 Å². The number of ether oxygens (including phenoxy) is 1. The van der Waals surface area contributed by atoms with Crippen molar-refractivity contribution in [1.29, 1.82) is 0 Å². The van der Waals surface area contributed by atoms with Crippen LogP contribution in [0.25, 0.3) is 11.3 Å². The average Bonchev–Trinajstić information content (AvgIpc) is 2.73. The zero-order valence-corrected chi connectivity index (χ0v) is 15.5. The molecule has 3 rings (SSSR count). The lowest BCUT2D eigenvalue weighted by molar-refractivity contribution is 0.0948. The van der Waals surface area contributed by atoms with E-state index in [2.05, 4.69) is 20.8 Å². The molecule has 6 nitrogen and oxygen atoms in total. The Kier molecular flexibility index (Phi) is 6.64. The van der Waals surface area contributed by atoms with Crippen molar-refractivity contribution in [2.75, 3.05) is 25.6 Å². The summed E-state index contributed by atoms with van der Waals surface area (Å²) < 4.78 is 18.0. The molecule has 144 valence electrons. The van der Waals surface area contributed by atoms with Gasteiger partial charge in [0.2, 0.25) is 0 Å². The van der Waals surface area contributed by atoms with E-state index in [4.69, 9.17) is 4.74 Å². The number of nitrogens with one attached hydrogen (secondary N) is 2. The van der Waals surface area contributed by atoms with Crippen LogP contribution in [0.3, 0.4) is 0 Å². The van der Waals surface area contributed by atoms with E-state index in [1.54, 1.807) is 49.6 Å². The number of amides is 1. The normalized spacial score (nSPS) is 10.5. The van der Waals surface area contributed by atoms with Crippen molar-refractivity contribution in [3.8, 4) is 11.3 Å². The zero-order chi connectivity index (χ0) is 19.8. The number of hydrogen-bond acceptors (Lipinski definition) is 5. The Morgan fingerprint density at radius 3 is 2.39 bits per heavy atom. The summed E-state index contributed by atoms with van der Waals surface area (Å²) in [5.41, 5.74) is 2.83. The highest BCUT2D eigenvalue weighted by Gasteiger charge is 2.06. The van der Waals surface area contributed by atoms with Crippen LogP contribution in [-0.2, 0) is 4.74 Å². The molecule has 0 saturated carbocycles. The molecule has 0 saturated heterocycles. The number of halogens is 1. The minimum Gasteiger partial charge on any atom is -0.385 e. The summed E-state index contributed by atoms with van der Waals surface area (Å²) >= 11 is 0. The molecule has 28 heavy (non-hydrogen) atoms. The standard InChI is InChI=1S/C21H21FN4O2/c1-28-14-2-13-23-21(27)16-5-9-18(10-6-16)24-20-12-11-19(25-26-20)15-3-7-17(22)8-4-15/h3-12H,2,13-14H2,1H3,(H,23,27)(H,24,26). The van der Waals surface area contributed by atoms with Crippen LogP contribution in [0.15, 0.2) is 60.7 Å². The molecule has 2 N–H and O–H groups in total.